The number of amides is 1. The number of rotatable bonds is 8. The summed E-state index contributed by atoms with van der Waals surface area (Å²) in [6.45, 7) is 2.03. The fourth-order valence-corrected chi connectivity index (χ4v) is 6.46. The Morgan fingerprint density at radius 3 is 2.54 bits per heavy atom. The summed E-state index contributed by atoms with van der Waals surface area (Å²) in [5, 5.41) is 0. The van der Waals surface area contributed by atoms with Gasteiger partial charge in [-0.3, -0.25) is 4.79 Å². The van der Waals surface area contributed by atoms with Crippen LogP contribution in [0.1, 0.15) is 27.9 Å². The lowest BCUT2D eigenvalue weighted by molar-refractivity contribution is 0.0705. The third-order valence-corrected chi connectivity index (χ3v) is 8.81. The Labute approximate surface area is 216 Å². The molecule has 2 fully saturated rings. The third kappa shape index (κ3) is 6.10. The number of primary amides is 1. The van der Waals surface area contributed by atoms with Crippen LogP contribution in [0.25, 0.3) is 0 Å². The fraction of sp³-hybridized carbons (Fsp3) is 0.435. The first kappa shape index (κ1) is 26.2. The largest absolute Gasteiger partial charge is 0.492 e. The smallest absolute Gasteiger partial charge is 0.282 e. The van der Waals surface area contributed by atoms with Crippen molar-refractivity contribution in [1.29, 1.82) is 0 Å². The molecule has 0 bridgehead atoms. The van der Waals surface area contributed by atoms with Gasteiger partial charge in [0.25, 0.3) is 16.1 Å². The van der Waals surface area contributed by atoms with Crippen LogP contribution in [-0.4, -0.2) is 68.9 Å². The summed E-state index contributed by atoms with van der Waals surface area (Å²) >= 11 is 1.99. The van der Waals surface area contributed by atoms with Crippen molar-refractivity contribution in [3.63, 3.8) is 0 Å². The van der Waals surface area contributed by atoms with E-state index in [4.69, 9.17) is 15.2 Å². The molecule has 12 heteroatoms. The van der Waals surface area contributed by atoms with E-state index >= 15 is 0 Å². The summed E-state index contributed by atoms with van der Waals surface area (Å²) in [7, 11) is -3.59. The average molecular weight is 621 g/mol. The minimum Gasteiger partial charge on any atom is -0.492 e. The maximum absolute atomic E-state index is 14.4. The van der Waals surface area contributed by atoms with Gasteiger partial charge in [-0.05, 0) is 58.3 Å². The van der Waals surface area contributed by atoms with Crippen molar-refractivity contribution in [2.24, 2.45) is 11.7 Å². The lowest BCUT2D eigenvalue weighted by atomic mass is 9.98. The van der Waals surface area contributed by atoms with E-state index in [-0.39, 0.29) is 42.4 Å². The average Bonchev–Trinajstić information content (AvgIpc) is 3.30. The Bertz CT molecular complexity index is 1210. The summed E-state index contributed by atoms with van der Waals surface area (Å²) in [4.78, 5) is 12.3. The van der Waals surface area contributed by atoms with E-state index in [0.717, 1.165) is 12.1 Å². The Balaban J connectivity index is 1.48. The summed E-state index contributed by atoms with van der Waals surface area (Å²) in [5.74, 6) is -2.11. The number of nitrogens with two attached hydrogens (primary N) is 1. The van der Waals surface area contributed by atoms with E-state index < -0.39 is 27.8 Å². The topological polar surface area (TPSA) is 102 Å². The molecular weight excluding hydrogens is 595 g/mol. The molecule has 0 spiro atoms. The summed E-state index contributed by atoms with van der Waals surface area (Å²) in [5.41, 5.74) is 6.09. The van der Waals surface area contributed by atoms with Gasteiger partial charge in [0.1, 0.15) is 17.4 Å². The molecule has 8 nitrogen and oxygen atoms in total. The Kier molecular flexibility index (Phi) is 8.26. The molecule has 2 aromatic rings. The van der Waals surface area contributed by atoms with Gasteiger partial charge in [-0.2, -0.15) is 17.0 Å². The number of hydrogen-bond donors (Lipinski definition) is 1. The molecule has 2 aliphatic heterocycles. The number of nitrogens with zero attached hydrogens (tertiary/aromatic N) is 2. The summed E-state index contributed by atoms with van der Waals surface area (Å²) in [6.07, 6.45) is 0.523. The Morgan fingerprint density at radius 2 is 1.86 bits per heavy atom. The zero-order valence-corrected chi connectivity index (χ0v) is 21.9. The quantitative estimate of drug-likeness (QED) is 0.457. The Morgan fingerprint density at radius 1 is 1.11 bits per heavy atom. The highest BCUT2D eigenvalue weighted by Gasteiger charge is 2.36. The molecule has 190 valence electrons. The van der Waals surface area contributed by atoms with E-state index in [9.17, 15) is 22.0 Å². The zero-order chi connectivity index (χ0) is 25.2. The number of morpholine rings is 1. The normalized spacial score (nSPS) is 19.7. The van der Waals surface area contributed by atoms with Crippen molar-refractivity contribution in [3.05, 3.63) is 62.2 Å². The van der Waals surface area contributed by atoms with Crippen LogP contribution < -0.4 is 10.5 Å². The molecule has 2 aromatic carbocycles. The summed E-state index contributed by atoms with van der Waals surface area (Å²) in [6, 6.07) is 6.88. The van der Waals surface area contributed by atoms with Gasteiger partial charge in [0, 0.05) is 48.2 Å². The molecule has 0 aliphatic carbocycles. The maximum Gasteiger partial charge on any atom is 0.282 e. The summed E-state index contributed by atoms with van der Waals surface area (Å²) < 4.78 is 69.1. The molecule has 1 amide bonds. The molecule has 0 aromatic heterocycles. The van der Waals surface area contributed by atoms with E-state index in [1.807, 2.05) is 22.6 Å². The molecule has 2 aliphatic rings. The lowest BCUT2D eigenvalue weighted by Gasteiger charge is -2.30. The van der Waals surface area contributed by atoms with Crippen LogP contribution in [-0.2, 0) is 21.4 Å². The number of hydrogen-bond acceptors (Lipinski definition) is 5. The standard InChI is InChI=1S/C23H26F2IN3O5S/c24-18-10-17(9-16-1-2-19(26)12-20(16)25)22(23(27)30)21(11-18)34-14-15-3-4-29(13-15)35(31,32)28-5-7-33-8-6-28/h1-2,10-12,15H,3-9,13-14H2,(H2,27,30). The van der Waals surface area contributed by atoms with Gasteiger partial charge in [-0.15, -0.1) is 0 Å². The van der Waals surface area contributed by atoms with E-state index in [1.54, 1.807) is 12.1 Å². The first-order valence-electron chi connectivity index (χ1n) is 11.2. The Hall–Kier alpha value is -1.87. The number of carbonyl (C=O) groups excluding carboxylic acids is 1. The minimum atomic E-state index is -3.59. The van der Waals surface area contributed by atoms with Crippen LogP contribution in [0.3, 0.4) is 0 Å². The molecule has 2 heterocycles. The maximum atomic E-state index is 14.4. The SMILES string of the molecule is NC(=O)c1c(Cc2ccc(I)cc2F)cc(F)cc1OCC1CCN(S(=O)(=O)N2CCOCC2)C1. The molecule has 0 radical (unpaired) electrons. The number of carbonyl (C=O) groups is 1. The molecule has 35 heavy (non-hydrogen) atoms. The van der Waals surface area contributed by atoms with Crippen molar-refractivity contribution in [1.82, 2.24) is 8.61 Å². The van der Waals surface area contributed by atoms with Crippen LogP contribution >= 0.6 is 22.6 Å². The molecule has 2 saturated heterocycles. The van der Waals surface area contributed by atoms with Crippen LogP contribution in [0.15, 0.2) is 30.3 Å². The highest BCUT2D eigenvalue weighted by Crippen LogP contribution is 2.29. The fourth-order valence-electron chi connectivity index (χ4n) is 4.33. The number of ether oxygens (including phenoxy) is 2. The van der Waals surface area contributed by atoms with Crippen molar-refractivity contribution in [2.75, 3.05) is 46.0 Å². The number of benzene rings is 2. The molecule has 2 N–H and O–H groups in total. The highest BCUT2D eigenvalue weighted by molar-refractivity contribution is 14.1. The van der Waals surface area contributed by atoms with Crippen molar-refractivity contribution < 1.29 is 31.5 Å². The van der Waals surface area contributed by atoms with Gasteiger partial charge in [0.2, 0.25) is 0 Å². The highest BCUT2D eigenvalue weighted by atomic mass is 127. The van der Waals surface area contributed by atoms with Gasteiger partial charge in [-0.1, -0.05) is 6.07 Å². The first-order valence-corrected chi connectivity index (χ1v) is 13.6. The van der Waals surface area contributed by atoms with Crippen molar-refractivity contribution in [3.8, 4) is 5.75 Å². The molecule has 0 saturated carbocycles. The second-order valence-corrected chi connectivity index (χ2v) is 11.7. The van der Waals surface area contributed by atoms with Gasteiger partial charge in [0.05, 0.1) is 25.4 Å². The lowest BCUT2D eigenvalue weighted by Crippen LogP contribution is -2.47. The van der Waals surface area contributed by atoms with Gasteiger partial charge in [-0.25, -0.2) is 8.78 Å². The van der Waals surface area contributed by atoms with Crippen LogP contribution in [0.2, 0.25) is 0 Å². The third-order valence-electron chi connectivity index (χ3n) is 6.14. The van der Waals surface area contributed by atoms with Gasteiger partial charge in [0.15, 0.2) is 0 Å². The van der Waals surface area contributed by atoms with Gasteiger partial charge < -0.3 is 15.2 Å². The van der Waals surface area contributed by atoms with Crippen molar-refractivity contribution in [2.45, 2.75) is 12.8 Å². The first-order chi connectivity index (χ1) is 16.6. The number of halogens is 3. The van der Waals surface area contributed by atoms with Gasteiger partial charge >= 0.3 is 0 Å². The van der Waals surface area contributed by atoms with Crippen LogP contribution in [0.5, 0.6) is 5.75 Å². The van der Waals surface area contributed by atoms with E-state index in [0.29, 0.717) is 48.4 Å². The second kappa shape index (κ2) is 11.0. The van der Waals surface area contributed by atoms with E-state index in [1.165, 1.54) is 14.7 Å². The predicted octanol–water partition coefficient (Wildman–Crippen LogP) is 2.54. The molecular formula is C23H26F2IN3O5S. The molecule has 4 rings (SSSR count). The zero-order valence-electron chi connectivity index (χ0n) is 18.9. The minimum absolute atomic E-state index is 0.0138. The predicted molar refractivity (Wildman–Crippen MR) is 133 cm³/mol. The van der Waals surface area contributed by atoms with E-state index in [2.05, 4.69) is 0 Å². The van der Waals surface area contributed by atoms with Crippen molar-refractivity contribution >= 4 is 38.7 Å². The monoisotopic (exact) mass is 621 g/mol. The van der Waals surface area contributed by atoms with Crippen LogP contribution in [0, 0.1) is 21.1 Å². The second-order valence-electron chi connectivity index (χ2n) is 8.56. The van der Waals surface area contributed by atoms with Crippen LogP contribution in [0.4, 0.5) is 8.78 Å². The molecule has 1 unspecified atom stereocenters. The molecule has 1 atom stereocenters.